The molecular formula is C29H37BN8O2. The number of rotatable bonds is 7. The maximum absolute atomic E-state index is 6.26. The maximum atomic E-state index is 6.26. The van der Waals surface area contributed by atoms with E-state index >= 15 is 0 Å². The summed E-state index contributed by atoms with van der Waals surface area (Å²) in [6.07, 6.45) is 5.61. The molecule has 1 aromatic carbocycles. The summed E-state index contributed by atoms with van der Waals surface area (Å²) in [5.41, 5.74) is 6.51. The second-order valence-corrected chi connectivity index (χ2v) is 12.0. The first kappa shape index (κ1) is 26.7. The van der Waals surface area contributed by atoms with Crippen LogP contribution in [0.4, 0.5) is 11.8 Å². The van der Waals surface area contributed by atoms with Gasteiger partial charge in [-0.3, -0.25) is 9.36 Å². The first-order valence-corrected chi connectivity index (χ1v) is 13.8. The Morgan fingerprint density at radius 2 is 1.73 bits per heavy atom. The number of hydrogen-bond donors (Lipinski definition) is 1. The Bertz CT molecular complexity index is 1520. The minimum absolute atomic E-state index is 0.378. The van der Waals surface area contributed by atoms with E-state index in [4.69, 9.17) is 19.4 Å². The van der Waals surface area contributed by atoms with Gasteiger partial charge in [-0.15, -0.1) is 0 Å². The molecule has 0 radical (unpaired) electrons. The van der Waals surface area contributed by atoms with E-state index in [2.05, 4.69) is 86.4 Å². The zero-order chi connectivity index (χ0) is 28.2. The lowest BCUT2D eigenvalue weighted by Crippen LogP contribution is -2.41. The zero-order valence-corrected chi connectivity index (χ0v) is 24.4. The molecule has 1 aliphatic carbocycles. The second-order valence-electron chi connectivity index (χ2n) is 12.0. The Balaban J connectivity index is 1.29. The smallest absolute Gasteiger partial charge is 0.399 e. The number of benzene rings is 1. The van der Waals surface area contributed by atoms with Crippen LogP contribution in [-0.4, -0.2) is 73.4 Å². The van der Waals surface area contributed by atoms with E-state index in [9.17, 15) is 0 Å². The molecule has 0 amide bonds. The van der Waals surface area contributed by atoms with E-state index in [1.807, 2.05) is 34.9 Å². The normalized spacial score (nSPS) is 17.2. The van der Waals surface area contributed by atoms with E-state index < -0.39 is 7.12 Å². The first-order valence-electron chi connectivity index (χ1n) is 13.8. The first-order chi connectivity index (χ1) is 19.0. The van der Waals surface area contributed by atoms with Crippen molar-refractivity contribution < 1.29 is 9.31 Å². The number of fused-ring (bicyclic) bond motifs is 3. The third kappa shape index (κ3) is 4.82. The molecule has 0 spiro atoms. The van der Waals surface area contributed by atoms with Crippen molar-refractivity contribution in [1.82, 2.24) is 34.4 Å². The van der Waals surface area contributed by atoms with Crippen LogP contribution in [0.25, 0.3) is 22.5 Å². The summed E-state index contributed by atoms with van der Waals surface area (Å²) in [6.45, 7) is 10.0. The van der Waals surface area contributed by atoms with Crippen LogP contribution in [0, 0.1) is 0 Å². The number of nitrogens with one attached hydrogen (secondary N) is 1. The minimum atomic E-state index is -0.395. The Morgan fingerprint density at radius 1 is 1.00 bits per heavy atom. The summed E-state index contributed by atoms with van der Waals surface area (Å²) in [6, 6.07) is 10.3. The van der Waals surface area contributed by atoms with Crippen molar-refractivity contribution in [2.24, 2.45) is 7.05 Å². The summed E-state index contributed by atoms with van der Waals surface area (Å²) < 4.78 is 16.4. The number of nitrogens with zero attached hydrogens (tertiary/aromatic N) is 7. The second kappa shape index (κ2) is 9.83. The average Bonchev–Trinajstić information content (AvgIpc) is 3.55. The van der Waals surface area contributed by atoms with Crippen molar-refractivity contribution in [2.45, 2.75) is 58.3 Å². The van der Waals surface area contributed by atoms with Gasteiger partial charge in [-0.1, -0.05) is 24.3 Å². The summed E-state index contributed by atoms with van der Waals surface area (Å²) in [4.78, 5) is 11.7. The fourth-order valence-corrected chi connectivity index (χ4v) is 5.20. The molecule has 208 valence electrons. The van der Waals surface area contributed by atoms with Crippen LogP contribution in [0.2, 0.25) is 0 Å². The number of aryl methyl sites for hydroxylation is 3. The summed E-state index contributed by atoms with van der Waals surface area (Å²) in [5, 5.41) is 12.8. The molecule has 6 rings (SSSR count). The fraction of sp³-hybridized carbons (Fsp3) is 0.448. The van der Waals surface area contributed by atoms with Crippen LogP contribution < -0.4 is 10.8 Å². The Morgan fingerprint density at radius 3 is 2.42 bits per heavy atom. The SMILES string of the molecule is CN(C)CCn1ccc(Nc2ncc3c(n2)-c2c(nn(C)c2-c2ccc(B4OC(C)(C)C(C)(C)O4)cc2)CC3)n1. The topological polar surface area (TPSA) is 95.2 Å². The highest BCUT2D eigenvalue weighted by atomic mass is 16.7. The number of anilines is 2. The Hall–Kier alpha value is -3.54. The molecule has 0 unspecified atom stereocenters. The van der Waals surface area contributed by atoms with Gasteiger partial charge in [0.05, 0.1) is 34.8 Å². The third-order valence-corrected chi connectivity index (χ3v) is 8.22. The third-order valence-electron chi connectivity index (χ3n) is 8.22. The number of likely N-dealkylation sites (N-methyl/N-ethyl adjacent to an activating group) is 1. The van der Waals surface area contributed by atoms with E-state index in [0.29, 0.717) is 5.95 Å². The molecule has 1 aliphatic heterocycles. The molecule has 4 aromatic rings. The van der Waals surface area contributed by atoms with Gasteiger partial charge in [0.25, 0.3) is 0 Å². The highest BCUT2D eigenvalue weighted by molar-refractivity contribution is 6.62. The largest absolute Gasteiger partial charge is 0.494 e. The molecule has 11 heteroatoms. The van der Waals surface area contributed by atoms with Gasteiger partial charge in [0.2, 0.25) is 5.95 Å². The molecule has 1 N–H and O–H groups in total. The summed E-state index contributed by atoms with van der Waals surface area (Å²) >= 11 is 0. The maximum Gasteiger partial charge on any atom is 0.494 e. The lowest BCUT2D eigenvalue weighted by molar-refractivity contribution is 0.00578. The molecule has 4 heterocycles. The molecule has 3 aromatic heterocycles. The predicted octanol–water partition coefficient (Wildman–Crippen LogP) is 3.44. The molecule has 10 nitrogen and oxygen atoms in total. The highest BCUT2D eigenvalue weighted by Crippen LogP contribution is 2.40. The molecule has 2 aliphatic rings. The zero-order valence-electron chi connectivity index (χ0n) is 24.4. The van der Waals surface area contributed by atoms with Crippen LogP contribution in [0.1, 0.15) is 39.0 Å². The predicted molar refractivity (Wildman–Crippen MR) is 157 cm³/mol. The highest BCUT2D eigenvalue weighted by Gasteiger charge is 2.51. The lowest BCUT2D eigenvalue weighted by Gasteiger charge is -2.32. The van der Waals surface area contributed by atoms with Crippen LogP contribution in [-0.2, 0) is 35.7 Å². The van der Waals surface area contributed by atoms with Gasteiger partial charge in [-0.05, 0) is 65.7 Å². The molecular weight excluding hydrogens is 503 g/mol. The van der Waals surface area contributed by atoms with E-state index in [1.165, 1.54) is 0 Å². The molecule has 0 bridgehead atoms. The Kier molecular flexibility index (Phi) is 6.56. The average molecular weight is 540 g/mol. The molecule has 0 saturated carbocycles. The number of aromatic nitrogens is 6. The van der Waals surface area contributed by atoms with Gasteiger partial charge in [-0.2, -0.15) is 10.2 Å². The monoisotopic (exact) mass is 540 g/mol. The van der Waals surface area contributed by atoms with Crippen LogP contribution in [0.15, 0.2) is 42.7 Å². The van der Waals surface area contributed by atoms with Crippen molar-refractivity contribution in [2.75, 3.05) is 26.0 Å². The van der Waals surface area contributed by atoms with Gasteiger partial charge < -0.3 is 19.5 Å². The van der Waals surface area contributed by atoms with E-state index in [-0.39, 0.29) is 11.2 Å². The molecule has 1 fully saturated rings. The molecule has 1 saturated heterocycles. The van der Waals surface area contributed by atoms with Gasteiger partial charge in [0.1, 0.15) is 0 Å². The van der Waals surface area contributed by atoms with Crippen molar-refractivity contribution in [3.8, 4) is 22.5 Å². The van der Waals surface area contributed by atoms with Crippen molar-refractivity contribution in [1.29, 1.82) is 0 Å². The van der Waals surface area contributed by atoms with Crippen LogP contribution in [0.3, 0.4) is 0 Å². The van der Waals surface area contributed by atoms with E-state index in [0.717, 1.165) is 71.0 Å². The lowest BCUT2D eigenvalue weighted by atomic mass is 9.78. The van der Waals surface area contributed by atoms with Gasteiger partial charge in [0.15, 0.2) is 5.82 Å². The minimum Gasteiger partial charge on any atom is -0.399 e. The van der Waals surface area contributed by atoms with Gasteiger partial charge in [-0.25, -0.2) is 9.97 Å². The summed E-state index contributed by atoms with van der Waals surface area (Å²) in [5.74, 6) is 1.25. The van der Waals surface area contributed by atoms with Crippen LogP contribution >= 0.6 is 0 Å². The van der Waals surface area contributed by atoms with Crippen molar-refractivity contribution in [3.05, 3.63) is 54.0 Å². The quantitative estimate of drug-likeness (QED) is 0.357. The van der Waals surface area contributed by atoms with E-state index in [1.54, 1.807) is 0 Å². The van der Waals surface area contributed by atoms with Gasteiger partial charge in [0, 0.05) is 43.2 Å². The van der Waals surface area contributed by atoms with Gasteiger partial charge >= 0.3 is 7.12 Å². The number of hydrogen-bond acceptors (Lipinski definition) is 8. The standard InChI is InChI=1S/C29H37BN8O2/c1-28(2)29(3,4)40-30(39-28)21-11-8-19(9-12-21)26-24-22(34-37(26)7)13-10-20-18-31-27(33-25(20)24)32-23-14-15-38(35-23)17-16-36(5)6/h8-9,11-12,14-15,18H,10,13,16-17H2,1-7H3,(H,31,32,33,35). The fourth-order valence-electron chi connectivity index (χ4n) is 5.20. The molecule has 40 heavy (non-hydrogen) atoms. The Labute approximate surface area is 235 Å². The molecule has 0 atom stereocenters. The summed E-state index contributed by atoms with van der Waals surface area (Å²) in [7, 11) is 5.71. The van der Waals surface area contributed by atoms with Crippen molar-refractivity contribution in [3.63, 3.8) is 0 Å². The van der Waals surface area contributed by atoms with Crippen molar-refractivity contribution >= 4 is 24.3 Å². The van der Waals surface area contributed by atoms with Crippen LogP contribution in [0.5, 0.6) is 0 Å².